The molecule has 0 unspecified atom stereocenters. The number of aromatic amines is 1. The summed E-state index contributed by atoms with van der Waals surface area (Å²) in [6.07, 6.45) is 0.667. The Morgan fingerprint density at radius 2 is 1.79 bits per heavy atom. The molecule has 2 heterocycles. The fraction of sp³-hybridized carbons (Fsp3) is 0.385. The number of hydrogen-bond acceptors (Lipinski definition) is 8. The van der Waals surface area contributed by atoms with E-state index in [4.69, 9.17) is 14.6 Å². The van der Waals surface area contributed by atoms with E-state index in [0.29, 0.717) is 55.5 Å². The Labute approximate surface area is 227 Å². The first-order chi connectivity index (χ1) is 18.2. The fourth-order valence-electron chi connectivity index (χ4n) is 4.37. The first-order valence-corrected chi connectivity index (χ1v) is 13.0. The Morgan fingerprint density at radius 3 is 2.39 bits per heavy atom. The van der Waals surface area contributed by atoms with E-state index in [1.807, 2.05) is 13.8 Å². The summed E-state index contributed by atoms with van der Waals surface area (Å²) in [7, 11) is 1.58. The Bertz CT molecular complexity index is 1420. The van der Waals surface area contributed by atoms with Crippen LogP contribution in [0.25, 0.3) is 5.69 Å². The standard InChI is InChI=1S/C26H30BrN5O6/c1-16-13-18(14-17(2)23(16)38-19-5-6-21(37-3)20(27)15-19)32-26(36)28-24(34)22(29-32)25(35)31-10-8-30(9-11-31)7-4-12-33/h5-6,13-15,33H,4,7-12H2,1-3H3,(H,28,34,36). The number of aryl methyl sites for hydroxylation is 2. The molecule has 38 heavy (non-hydrogen) atoms. The Morgan fingerprint density at radius 1 is 1.11 bits per heavy atom. The van der Waals surface area contributed by atoms with Crippen LogP contribution in [0.4, 0.5) is 0 Å². The lowest BCUT2D eigenvalue weighted by Gasteiger charge is -2.34. The molecule has 11 nitrogen and oxygen atoms in total. The number of benzene rings is 2. The number of H-pyrrole nitrogens is 1. The number of aliphatic hydroxyl groups is 1. The minimum absolute atomic E-state index is 0.116. The zero-order chi connectivity index (χ0) is 27.4. The monoisotopic (exact) mass is 587 g/mol. The Kier molecular flexibility index (Phi) is 8.65. The summed E-state index contributed by atoms with van der Waals surface area (Å²) >= 11 is 3.45. The van der Waals surface area contributed by atoms with Gasteiger partial charge in [-0.15, -0.1) is 0 Å². The van der Waals surface area contributed by atoms with Gasteiger partial charge in [-0.2, -0.15) is 9.78 Å². The van der Waals surface area contributed by atoms with Gasteiger partial charge in [0.2, 0.25) is 5.69 Å². The molecule has 2 aromatic carbocycles. The number of nitrogens with zero attached hydrogens (tertiary/aromatic N) is 4. The molecule has 0 spiro atoms. The number of aliphatic hydroxyl groups excluding tert-OH is 1. The van der Waals surface area contributed by atoms with Gasteiger partial charge in [-0.05, 0) is 77.7 Å². The van der Waals surface area contributed by atoms with Crippen molar-refractivity contribution < 1.29 is 19.4 Å². The number of piperazine rings is 1. The molecule has 3 aromatic rings. The van der Waals surface area contributed by atoms with Gasteiger partial charge >= 0.3 is 5.69 Å². The summed E-state index contributed by atoms with van der Waals surface area (Å²) in [5.74, 6) is 1.36. The highest BCUT2D eigenvalue weighted by Crippen LogP contribution is 2.34. The van der Waals surface area contributed by atoms with E-state index >= 15 is 0 Å². The van der Waals surface area contributed by atoms with Crippen molar-refractivity contribution in [3.05, 3.63) is 72.5 Å². The number of carbonyl (C=O) groups excluding carboxylic acids is 1. The molecular weight excluding hydrogens is 558 g/mol. The minimum atomic E-state index is -0.822. The summed E-state index contributed by atoms with van der Waals surface area (Å²) in [6.45, 7) is 6.66. The predicted octanol–water partition coefficient (Wildman–Crippen LogP) is 2.24. The highest BCUT2D eigenvalue weighted by molar-refractivity contribution is 9.10. The lowest BCUT2D eigenvalue weighted by atomic mass is 10.1. The third-order valence-corrected chi connectivity index (χ3v) is 6.97. The number of amides is 1. The summed E-state index contributed by atoms with van der Waals surface area (Å²) in [4.78, 5) is 44.3. The average molecular weight is 588 g/mol. The van der Waals surface area contributed by atoms with Crippen molar-refractivity contribution >= 4 is 21.8 Å². The molecule has 0 radical (unpaired) electrons. The molecule has 1 saturated heterocycles. The fourth-order valence-corrected chi connectivity index (χ4v) is 4.89. The van der Waals surface area contributed by atoms with Gasteiger partial charge in [0.15, 0.2) is 0 Å². The van der Waals surface area contributed by atoms with Crippen LogP contribution in [0.2, 0.25) is 0 Å². The molecule has 0 bridgehead atoms. The van der Waals surface area contributed by atoms with E-state index in [1.165, 1.54) is 0 Å². The van der Waals surface area contributed by atoms with Crippen molar-refractivity contribution in [2.24, 2.45) is 0 Å². The normalized spacial score (nSPS) is 14.0. The van der Waals surface area contributed by atoms with Crippen molar-refractivity contribution in [1.29, 1.82) is 0 Å². The molecule has 2 N–H and O–H groups in total. The van der Waals surface area contributed by atoms with Crippen LogP contribution >= 0.6 is 15.9 Å². The Balaban J connectivity index is 1.59. The summed E-state index contributed by atoms with van der Waals surface area (Å²) in [5, 5.41) is 13.2. The molecule has 202 valence electrons. The highest BCUT2D eigenvalue weighted by Gasteiger charge is 2.26. The smallest absolute Gasteiger partial charge is 0.349 e. The number of ether oxygens (including phenoxy) is 2. The second-order valence-corrected chi connectivity index (χ2v) is 9.89. The van der Waals surface area contributed by atoms with Crippen LogP contribution < -0.4 is 20.7 Å². The third-order valence-electron chi connectivity index (χ3n) is 6.36. The van der Waals surface area contributed by atoms with Gasteiger partial charge in [0.25, 0.3) is 11.5 Å². The van der Waals surface area contributed by atoms with Crippen LogP contribution in [0, 0.1) is 13.8 Å². The van der Waals surface area contributed by atoms with Gasteiger partial charge in [0.1, 0.15) is 17.2 Å². The Hall–Kier alpha value is -3.48. The van der Waals surface area contributed by atoms with E-state index in [0.717, 1.165) is 26.8 Å². The molecular formula is C26H30BrN5O6. The molecule has 4 rings (SSSR count). The molecule has 1 aliphatic heterocycles. The topological polar surface area (TPSA) is 130 Å². The largest absolute Gasteiger partial charge is 0.496 e. The van der Waals surface area contributed by atoms with Crippen LogP contribution in [-0.2, 0) is 0 Å². The average Bonchev–Trinajstić information content (AvgIpc) is 2.89. The maximum atomic E-state index is 13.1. The molecule has 1 fully saturated rings. The summed E-state index contributed by atoms with van der Waals surface area (Å²) in [6, 6.07) is 8.79. The van der Waals surface area contributed by atoms with E-state index in [1.54, 1.807) is 42.3 Å². The first kappa shape index (κ1) is 27.6. The number of hydrogen-bond donors (Lipinski definition) is 2. The highest BCUT2D eigenvalue weighted by atomic mass is 79.9. The zero-order valence-corrected chi connectivity index (χ0v) is 23.1. The lowest BCUT2D eigenvalue weighted by Crippen LogP contribution is -2.50. The second kappa shape index (κ2) is 11.9. The van der Waals surface area contributed by atoms with E-state index in [-0.39, 0.29) is 12.3 Å². The molecule has 1 amide bonds. The van der Waals surface area contributed by atoms with Crippen molar-refractivity contribution in [3.63, 3.8) is 0 Å². The first-order valence-electron chi connectivity index (χ1n) is 12.2. The number of nitrogens with one attached hydrogen (secondary N) is 1. The number of rotatable bonds is 8. The van der Waals surface area contributed by atoms with Crippen molar-refractivity contribution in [2.45, 2.75) is 20.3 Å². The van der Waals surface area contributed by atoms with E-state index in [2.05, 4.69) is 30.9 Å². The SMILES string of the molecule is COc1ccc(Oc2c(C)cc(-n3nc(C(=O)N4CCN(CCCO)CC4)c(=O)[nH]c3=O)cc2C)cc1Br. The summed E-state index contributed by atoms with van der Waals surface area (Å²) in [5.41, 5.74) is -0.0405. The van der Waals surface area contributed by atoms with Crippen molar-refractivity contribution in [3.8, 4) is 22.9 Å². The van der Waals surface area contributed by atoms with Crippen LogP contribution in [0.1, 0.15) is 28.0 Å². The molecule has 0 atom stereocenters. The van der Waals surface area contributed by atoms with Gasteiger partial charge in [-0.25, -0.2) is 4.79 Å². The maximum absolute atomic E-state index is 13.1. The number of carbonyl (C=O) groups is 1. The molecule has 1 aromatic heterocycles. The van der Waals surface area contributed by atoms with Crippen LogP contribution in [0.5, 0.6) is 17.2 Å². The molecule has 0 saturated carbocycles. The van der Waals surface area contributed by atoms with Gasteiger partial charge < -0.3 is 19.5 Å². The van der Waals surface area contributed by atoms with Crippen molar-refractivity contribution in [2.75, 3.05) is 46.4 Å². The quantitative estimate of drug-likeness (QED) is 0.410. The third kappa shape index (κ3) is 5.98. The number of halogens is 1. The number of methoxy groups -OCH3 is 1. The van der Waals surface area contributed by atoms with Gasteiger partial charge in [0, 0.05) is 39.3 Å². The lowest BCUT2D eigenvalue weighted by molar-refractivity contribution is 0.0619. The van der Waals surface area contributed by atoms with Crippen LogP contribution in [-0.4, -0.2) is 82.0 Å². The molecule has 12 heteroatoms. The van der Waals surface area contributed by atoms with Crippen LogP contribution in [0.15, 0.2) is 44.4 Å². The second-order valence-electron chi connectivity index (χ2n) is 9.04. The van der Waals surface area contributed by atoms with Gasteiger partial charge in [0.05, 0.1) is 17.3 Å². The van der Waals surface area contributed by atoms with E-state index < -0.39 is 17.2 Å². The number of aromatic nitrogens is 3. The predicted molar refractivity (Wildman–Crippen MR) is 145 cm³/mol. The molecule has 1 aliphatic rings. The van der Waals surface area contributed by atoms with E-state index in [9.17, 15) is 14.4 Å². The maximum Gasteiger partial charge on any atom is 0.349 e. The minimum Gasteiger partial charge on any atom is -0.496 e. The van der Waals surface area contributed by atoms with Gasteiger partial charge in [-0.1, -0.05) is 0 Å². The summed E-state index contributed by atoms with van der Waals surface area (Å²) < 4.78 is 13.1. The zero-order valence-electron chi connectivity index (χ0n) is 21.5. The molecule has 0 aliphatic carbocycles. The van der Waals surface area contributed by atoms with Crippen molar-refractivity contribution in [1.82, 2.24) is 24.6 Å². The van der Waals surface area contributed by atoms with Crippen LogP contribution in [0.3, 0.4) is 0 Å². The van der Waals surface area contributed by atoms with Gasteiger partial charge in [-0.3, -0.25) is 19.5 Å².